The van der Waals surface area contributed by atoms with E-state index in [9.17, 15) is 0 Å². The topological polar surface area (TPSA) is 143 Å². The summed E-state index contributed by atoms with van der Waals surface area (Å²) in [7, 11) is 0. The molecule has 0 amide bonds. The van der Waals surface area contributed by atoms with Crippen LogP contribution in [0.1, 0.15) is 0 Å². The van der Waals surface area contributed by atoms with Crippen LogP contribution >= 0.6 is 0 Å². The van der Waals surface area contributed by atoms with E-state index >= 15 is 0 Å². The van der Waals surface area contributed by atoms with Gasteiger partial charge in [-0.05, 0) is 0 Å². The Kier molecular flexibility index (Phi) is 29000000. The molecule has 3 radical (unpaired) electrons. The molecule has 0 heterocycles. The fourth-order valence-electron chi connectivity index (χ4n) is 0. The van der Waals surface area contributed by atoms with Gasteiger partial charge in [0.1, 0.15) is 0 Å². The third-order valence-corrected chi connectivity index (χ3v) is 0. The quantitative estimate of drug-likeness (QED) is 0.283. The van der Waals surface area contributed by atoms with Gasteiger partial charge in [0.2, 0.25) is 0 Å². The number of rotatable bonds is 0. The molecule has 0 aliphatic heterocycles. The van der Waals surface area contributed by atoms with Crippen molar-refractivity contribution in [3.05, 3.63) is 39.4 Å². The number of hydrogen-bond acceptors (Lipinski definition) is 6. The van der Waals surface area contributed by atoms with Crippen molar-refractivity contribution < 1.29 is 68.5 Å². The average molecular weight is 460 g/mol. The van der Waals surface area contributed by atoms with Crippen molar-refractivity contribution in [1.29, 1.82) is 31.6 Å². The van der Waals surface area contributed by atoms with Gasteiger partial charge in [0, 0.05) is 0 Å². The SMILES string of the molecule is [Bi+3].[C-]#N.[C-]#N.[C-]#N.[C-]#N.[C-]#N.[C-]#N.[Fe+3].[K+]. The summed E-state index contributed by atoms with van der Waals surface area (Å²) in [6, 6.07) is 0. The van der Waals surface area contributed by atoms with Crippen molar-refractivity contribution in [2.24, 2.45) is 0 Å². The Morgan fingerprint density at radius 3 is 0.400 bits per heavy atom. The second-order valence-electron chi connectivity index (χ2n) is 0. The first-order valence-electron chi connectivity index (χ1n) is 1.34. The van der Waals surface area contributed by atoms with E-state index in [1.54, 1.807) is 0 Å². The molecule has 0 bridgehead atoms. The molecule has 0 fully saturated rings. The third-order valence-electron chi connectivity index (χ3n) is 0. The fraction of sp³-hybridized carbons (Fsp3) is 0. The minimum atomic E-state index is 0. The van der Waals surface area contributed by atoms with Gasteiger partial charge in [-0.15, -0.1) is 0 Å². The summed E-state index contributed by atoms with van der Waals surface area (Å²) in [5.41, 5.74) is 0. The first-order chi connectivity index (χ1) is 6.00. The van der Waals surface area contributed by atoms with Crippen LogP contribution in [0.3, 0.4) is 0 Å². The Hall–Kier alpha value is -0.0210. The maximum absolute atomic E-state index is 6.25. The Morgan fingerprint density at radius 1 is 0.400 bits per heavy atom. The largest absolute Gasteiger partial charge is 3.00 e. The fourth-order valence-corrected chi connectivity index (χ4v) is 0. The molecule has 6 nitrogen and oxygen atoms in total. The maximum Gasteiger partial charge on any atom is 3.00 e. The van der Waals surface area contributed by atoms with E-state index in [1.807, 2.05) is 0 Å². The average Bonchev–Trinajstić information content (AvgIpc) is 2.33. The summed E-state index contributed by atoms with van der Waals surface area (Å²) < 4.78 is 0. The zero-order valence-electron chi connectivity index (χ0n) is 7.48. The second kappa shape index (κ2) is 5320000. The molecule has 0 aromatic rings. The molecule has 0 saturated carbocycles. The molecule has 0 saturated heterocycles. The second-order valence-corrected chi connectivity index (χ2v) is 0. The minimum absolute atomic E-state index is 0. The molecular formula is C6BiFeKN6+. The molecule has 0 aromatic heterocycles. The standard InChI is InChI=1S/6CN.Bi.Fe.K/c6*1-2;;;/q6*-1;2*+3;+1. The molecule has 0 aliphatic carbocycles. The van der Waals surface area contributed by atoms with Gasteiger partial charge in [0.25, 0.3) is 0 Å². The first-order valence-corrected chi connectivity index (χ1v) is 1.34. The Balaban J connectivity index is -0.00000000396. The summed E-state index contributed by atoms with van der Waals surface area (Å²) in [6.45, 7) is 28.5. The van der Waals surface area contributed by atoms with Crippen LogP contribution < -0.4 is 51.4 Å². The molecule has 0 unspecified atom stereocenters. The molecule has 0 aliphatic rings. The van der Waals surface area contributed by atoms with Gasteiger partial charge >= 0.3 is 94.7 Å². The van der Waals surface area contributed by atoms with E-state index in [0.29, 0.717) is 0 Å². The molecule has 0 N–H and O–H groups in total. The number of nitrogens with zero attached hydrogens (tertiary/aromatic N) is 6. The summed E-state index contributed by atoms with van der Waals surface area (Å²) in [5, 5.41) is 37.5. The van der Waals surface area contributed by atoms with E-state index < -0.39 is 0 Å². The van der Waals surface area contributed by atoms with Crippen LogP contribution in [0, 0.1) is 71.0 Å². The van der Waals surface area contributed by atoms with Crippen LogP contribution in [0.5, 0.6) is 0 Å². The van der Waals surface area contributed by atoms with Crippen LogP contribution in [0.25, 0.3) is 0 Å². The maximum atomic E-state index is 6.25. The van der Waals surface area contributed by atoms with Crippen molar-refractivity contribution in [2.75, 3.05) is 0 Å². The zero-order chi connectivity index (χ0) is 12.0. The van der Waals surface area contributed by atoms with E-state index in [4.69, 9.17) is 71.0 Å². The molecule has 67 valence electrons. The molecule has 0 rings (SSSR count). The van der Waals surface area contributed by atoms with Gasteiger partial charge in [0.05, 0.1) is 0 Å². The van der Waals surface area contributed by atoms with E-state index in [0.717, 1.165) is 0 Å². The normalized spacial score (nSPS) is 0.800. The predicted octanol–water partition coefficient (Wildman–Crippen LogP) is -2.80. The van der Waals surface area contributed by atoms with E-state index in [1.165, 1.54) is 0 Å². The van der Waals surface area contributed by atoms with Crippen LogP contribution in [0.4, 0.5) is 0 Å². The summed E-state index contributed by atoms with van der Waals surface area (Å²) in [5.74, 6) is 0. The van der Waals surface area contributed by atoms with Crippen molar-refractivity contribution in [1.82, 2.24) is 0 Å². The minimum Gasteiger partial charge on any atom is -0.512 e. The summed E-state index contributed by atoms with van der Waals surface area (Å²) in [4.78, 5) is 0. The van der Waals surface area contributed by atoms with Crippen molar-refractivity contribution in [2.45, 2.75) is 0 Å². The van der Waals surface area contributed by atoms with Gasteiger partial charge in [-0.1, -0.05) is 0 Å². The monoisotopic (exact) mass is 460 g/mol. The predicted molar refractivity (Wildman–Crippen MR) is 35.6 cm³/mol. The Labute approximate surface area is 163 Å². The first kappa shape index (κ1) is 81.9. The van der Waals surface area contributed by atoms with Gasteiger partial charge in [-0.2, -0.15) is 0 Å². The van der Waals surface area contributed by atoms with Crippen molar-refractivity contribution in [3.63, 3.8) is 0 Å². The van der Waals surface area contributed by atoms with Crippen LogP contribution in [-0.2, 0) is 17.1 Å². The van der Waals surface area contributed by atoms with Crippen LogP contribution in [0.2, 0.25) is 0 Å². The van der Waals surface area contributed by atoms with Gasteiger partial charge in [-0.25, -0.2) is 0 Å². The van der Waals surface area contributed by atoms with Crippen molar-refractivity contribution >= 4 is 26.2 Å². The molecule has 0 atom stereocenters. The van der Waals surface area contributed by atoms with Gasteiger partial charge in [-0.3, -0.25) is 0 Å². The van der Waals surface area contributed by atoms with Gasteiger partial charge < -0.3 is 71.0 Å². The molecule has 0 spiro atoms. The Bertz CT molecular complexity index is 103. The van der Waals surface area contributed by atoms with Crippen molar-refractivity contribution in [3.8, 4) is 0 Å². The van der Waals surface area contributed by atoms with Gasteiger partial charge in [0.15, 0.2) is 0 Å². The Morgan fingerprint density at radius 2 is 0.400 bits per heavy atom. The molecule has 15 heavy (non-hydrogen) atoms. The summed E-state index contributed by atoms with van der Waals surface area (Å²) >= 11 is 0. The van der Waals surface area contributed by atoms with Crippen LogP contribution in [-0.4, -0.2) is 26.2 Å². The van der Waals surface area contributed by atoms with E-state index in [2.05, 4.69) is 0 Å². The smallest absolute Gasteiger partial charge is 0.512 e. The van der Waals surface area contributed by atoms with E-state index in [-0.39, 0.29) is 94.7 Å². The van der Waals surface area contributed by atoms with Crippen LogP contribution in [0.15, 0.2) is 0 Å². The third kappa shape index (κ3) is 4530000. The molecular weight excluding hydrogens is 460 g/mol. The molecule has 0 aromatic carbocycles. The zero-order valence-corrected chi connectivity index (χ0v) is 15.2. The molecule has 9 heteroatoms. The number of hydrogen-bond donors (Lipinski definition) is 0. The summed E-state index contributed by atoms with van der Waals surface area (Å²) in [6.07, 6.45) is 0.